The van der Waals surface area contributed by atoms with Crippen molar-refractivity contribution in [3.63, 3.8) is 0 Å². The number of hydrogen-bond donors (Lipinski definition) is 1. The van der Waals surface area contributed by atoms with Gasteiger partial charge in [0.2, 0.25) is 0 Å². The average molecular weight is 395 g/mol. The van der Waals surface area contributed by atoms with E-state index < -0.39 is 0 Å². The number of fused-ring (bicyclic) bond motifs is 3. The highest BCUT2D eigenvalue weighted by Crippen LogP contribution is 2.48. The average Bonchev–Trinajstić information content (AvgIpc) is 2.82. The first kappa shape index (κ1) is 21.3. The largest absolute Gasteiger partial charge is 0.346 e. The Hall–Kier alpha value is -3.39. The van der Waals surface area contributed by atoms with Crippen molar-refractivity contribution in [1.29, 1.82) is 0 Å². The van der Waals surface area contributed by atoms with Gasteiger partial charge in [0.25, 0.3) is 0 Å². The molecule has 3 aromatic rings. The fraction of sp³-hybridized carbons (Fsp3) is 0.179. The van der Waals surface area contributed by atoms with E-state index in [0.29, 0.717) is 0 Å². The van der Waals surface area contributed by atoms with Crippen molar-refractivity contribution in [2.24, 2.45) is 4.99 Å². The summed E-state index contributed by atoms with van der Waals surface area (Å²) in [6.45, 7) is 6.29. The van der Waals surface area contributed by atoms with Gasteiger partial charge in [0.05, 0.1) is 12.0 Å². The van der Waals surface area contributed by atoms with E-state index in [1.54, 1.807) is 13.4 Å². The first-order valence-electron chi connectivity index (χ1n) is 10.5. The molecule has 0 amide bonds. The molecular weight excluding hydrogens is 364 g/mol. The Balaban J connectivity index is 0.000000589. The number of nitrogens with one attached hydrogen (secondary N) is 1. The molecular formula is C28H30N2. The lowest BCUT2D eigenvalue weighted by Crippen LogP contribution is -2.17. The molecule has 0 radical (unpaired) electrons. The molecule has 0 fully saturated rings. The van der Waals surface area contributed by atoms with Crippen molar-refractivity contribution in [3.8, 4) is 11.1 Å². The third-order valence-corrected chi connectivity index (χ3v) is 5.37. The molecule has 0 aromatic heterocycles. The van der Waals surface area contributed by atoms with Gasteiger partial charge in [-0.2, -0.15) is 0 Å². The highest BCUT2D eigenvalue weighted by Gasteiger charge is 2.28. The number of hydrogen-bond acceptors (Lipinski definition) is 1. The maximum absolute atomic E-state index is 4.15. The molecule has 0 saturated carbocycles. The molecule has 1 unspecified atom stereocenters. The van der Waals surface area contributed by atoms with E-state index >= 15 is 0 Å². The zero-order chi connectivity index (χ0) is 21.3. The predicted molar refractivity (Wildman–Crippen MR) is 132 cm³/mol. The first-order valence-corrected chi connectivity index (χ1v) is 10.5. The molecule has 1 aliphatic rings. The van der Waals surface area contributed by atoms with Crippen LogP contribution in [0.3, 0.4) is 0 Å². The van der Waals surface area contributed by atoms with Crippen LogP contribution in [0.4, 0.5) is 0 Å². The summed E-state index contributed by atoms with van der Waals surface area (Å²) >= 11 is 0. The van der Waals surface area contributed by atoms with Gasteiger partial charge in [-0.1, -0.05) is 97.9 Å². The standard InChI is InChI=1S/C24H22N2.C4H8/c1-17-19-12-6-7-13-20(19)21-14-8-9-15-22(21)23(17)24(26-16-25-2)18-10-4-3-5-11-18;1-3-4-2/h3-17H,1-2H3,(H,25,26);3-4H,1-2H3/b24-23+;4-3-. The molecule has 1 atom stereocenters. The summed E-state index contributed by atoms with van der Waals surface area (Å²) in [4.78, 5) is 4.15. The highest BCUT2D eigenvalue weighted by molar-refractivity contribution is 6.02. The summed E-state index contributed by atoms with van der Waals surface area (Å²) in [5, 5.41) is 3.45. The Morgan fingerprint density at radius 2 is 1.33 bits per heavy atom. The fourth-order valence-corrected chi connectivity index (χ4v) is 3.86. The van der Waals surface area contributed by atoms with Crippen molar-refractivity contribution in [1.82, 2.24) is 5.32 Å². The van der Waals surface area contributed by atoms with Crippen LogP contribution in [0.2, 0.25) is 0 Å². The molecule has 0 bridgehead atoms. The summed E-state index contributed by atoms with van der Waals surface area (Å²) in [6.07, 6.45) is 5.77. The van der Waals surface area contributed by atoms with Crippen molar-refractivity contribution >= 4 is 17.6 Å². The van der Waals surface area contributed by atoms with Gasteiger partial charge in [-0.15, -0.1) is 0 Å². The lowest BCUT2D eigenvalue weighted by Gasteiger charge is -2.30. The van der Waals surface area contributed by atoms with E-state index in [-0.39, 0.29) is 5.92 Å². The number of allylic oxidation sites excluding steroid dienone is 3. The van der Waals surface area contributed by atoms with Crippen LogP contribution in [0.15, 0.2) is 96.0 Å². The van der Waals surface area contributed by atoms with Crippen molar-refractivity contribution in [2.75, 3.05) is 7.05 Å². The molecule has 30 heavy (non-hydrogen) atoms. The topological polar surface area (TPSA) is 24.4 Å². The summed E-state index contributed by atoms with van der Waals surface area (Å²) in [6, 6.07) is 27.9. The minimum Gasteiger partial charge on any atom is -0.346 e. The van der Waals surface area contributed by atoms with Gasteiger partial charge in [-0.3, -0.25) is 4.99 Å². The van der Waals surface area contributed by atoms with Crippen LogP contribution in [0.25, 0.3) is 22.4 Å². The molecule has 0 spiro atoms. The second kappa shape index (κ2) is 10.4. The Morgan fingerprint density at radius 1 is 0.767 bits per heavy atom. The van der Waals surface area contributed by atoms with Gasteiger partial charge < -0.3 is 5.32 Å². The fourth-order valence-electron chi connectivity index (χ4n) is 3.86. The zero-order valence-electron chi connectivity index (χ0n) is 18.3. The Kier molecular flexibility index (Phi) is 7.40. The highest BCUT2D eigenvalue weighted by atomic mass is 14.9. The molecule has 3 aromatic carbocycles. The molecule has 1 N–H and O–H groups in total. The van der Waals surface area contributed by atoms with E-state index in [4.69, 9.17) is 0 Å². The van der Waals surface area contributed by atoms with E-state index in [1.807, 2.05) is 32.1 Å². The van der Waals surface area contributed by atoms with Gasteiger partial charge >= 0.3 is 0 Å². The second-order valence-electron chi connectivity index (χ2n) is 7.21. The molecule has 2 heteroatoms. The third-order valence-electron chi connectivity index (χ3n) is 5.37. The van der Waals surface area contributed by atoms with Gasteiger partial charge in [-0.05, 0) is 47.2 Å². The van der Waals surface area contributed by atoms with Crippen LogP contribution in [-0.4, -0.2) is 13.4 Å². The molecule has 2 nitrogen and oxygen atoms in total. The van der Waals surface area contributed by atoms with Gasteiger partial charge in [0.1, 0.15) is 0 Å². The number of nitrogens with zero attached hydrogens (tertiary/aromatic N) is 1. The van der Waals surface area contributed by atoms with Crippen molar-refractivity contribution in [3.05, 3.63) is 108 Å². The molecule has 1 aliphatic carbocycles. The summed E-state index contributed by atoms with van der Waals surface area (Å²) in [7, 11) is 1.79. The van der Waals surface area contributed by atoms with Crippen molar-refractivity contribution < 1.29 is 0 Å². The molecule has 4 rings (SSSR count). The van der Waals surface area contributed by atoms with E-state index in [2.05, 4.69) is 90.0 Å². The van der Waals surface area contributed by atoms with E-state index in [1.165, 1.54) is 33.4 Å². The summed E-state index contributed by atoms with van der Waals surface area (Å²) < 4.78 is 0. The van der Waals surface area contributed by atoms with Crippen molar-refractivity contribution in [2.45, 2.75) is 26.7 Å². The Bertz CT molecular complexity index is 1050. The lowest BCUT2D eigenvalue weighted by atomic mass is 9.74. The quantitative estimate of drug-likeness (QED) is 0.284. The zero-order valence-corrected chi connectivity index (χ0v) is 18.3. The van der Waals surface area contributed by atoms with Crippen LogP contribution >= 0.6 is 0 Å². The van der Waals surface area contributed by atoms with Crippen LogP contribution in [0.1, 0.15) is 43.4 Å². The van der Waals surface area contributed by atoms with Crippen LogP contribution < -0.4 is 5.32 Å². The van der Waals surface area contributed by atoms with Gasteiger partial charge in [-0.25, -0.2) is 0 Å². The maximum Gasteiger partial charge on any atom is 0.0864 e. The normalized spacial score (nSPS) is 16.5. The number of aliphatic imine (C=N–C) groups is 1. The van der Waals surface area contributed by atoms with Crippen LogP contribution in [0, 0.1) is 0 Å². The lowest BCUT2D eigenvalue weighted by molar-refractivity contribution is 0.975. The van der Waals surface area contributed by atoms with Crippen LogP contribution in [-0.2, 0) is 0 Å². The smallest absolute Gasteiger partial charge is 0.0864 e. The molecule has 0 aliphatic heterocycles. The van der Waals surface area contributed by atoms with Gasteiger partial charge in [0.15, 0.2) is 0 Å². The maximum atomic E-state index is 4.15. The Labute approximate surface area is 180 Å². The molecule has 0 saturated heterocycles. The monoisotopic (exact) mass is 394 g/mol. The second-order valence-corrected chi connectivity index (χ2v) is 7.21. The minimum absolute atomic E-state index is 0.286. The molecule has 152 valence electrons. The van der Waals surface area contributed by atoms with Gasteiger partial charge in [0, 0.05) is 13.0 Å². The number of benzene rings is 3. The molecule has 0 heterocycles. The van der Waals surface area contributed by atoms with E-state index in [9.17, 15) is 0 Å². The minimum atomic E-state index is 0.286. The van der Waals surface area contributed by atoms with Crippen LogP contribution in [0.5, 0.6) is 0 Å². The first-order chi connectivity index (χ1) is 14.7. The summed E-state index contributed by atoms with van der Waals surface area (Å²) in [5.74, 6) is 0.286. The predicted octanol–water partition coefficient (Wildman–Crippen LogP) is 7.17. The third kappa shape index (κ3) is 4.44. The summed E-state index contributed by atoms with van der Waals surface area (Å²) in [5.41, 5.74) is 8.87. The SMILES string of the molecule is C/C=C\C.CN=CN/C(=C1/c2ccccc2-c2ccccc2C1C)c1ccccc1. The van der Waals surface area contributed by atoms with E-state index in [0.717, 1.165) is 5.70 Å². The Morgan fingerprint density at radius 3 is 1.97 bits per heavy atom. The number of rotatable bonds is 3.